The van der Waals surface area contributed by atoms with Crippen molar-refractivity contribution in [2.45, 2.75) is 71.6 Å². The van der Waals surface area contributed by atoms with Crippen LogP contribution in [0.25, 0.3) is 0 Å². The van der Waals surface area contributed by atoms with Crippen LogP contribution in [0.5, 0.6) is 0 Å². The van der Waals surface area contributed by atoms with Gasteiger partial charge in [0.15, 0.2) is 0 Å². The van der Waals surface area contributed by atoms with Crippen molar-refractivity contribution in [3.05, 3.63) is 0 Å². The number of unbranched alkanes of at least 4 members (excludes halogenated alkanes) is 8. The van der Waals surface area contributed by atoms with E-state index in [-0.39, 0.29) is 0 Å². The number of hydrogen-bond donors (Lipinski definition) is 0. The molecule has 0 saturated heterocycles. The Kier molecular flexibility index (Phi) is 13.5. The largest absolute Gasteiger partial charge is 0.330 e. The van der Waals surface area contributed by atoms with Crippen LogP contribution >= 0.6 is 7.60 Å². The molecule has 0 fully saturated rings. The molecule has 0 unspecified atom stereocenters. The highest BCUT2D eigenvalue weighted by Crippen LogP contribution is 2.48. The van der Waals surface area contributed by atoms with Crippen molar-refractivity contribution in [2.24, 2.45) is 0 Å². The minimum Gasteiger partial charge on any atom is -0.309 e. The smallest absolute Gasteiger partial charge is 0.309 e. The lowest BCUT2D eigenvalue weighted by molar-refractivity contribution is 0.219. The molecule has 0 radical (unpaired) electrons. The molecular formula is C16H31O3P. The van der Waals surface area contributed by atoms with Gasteiger partial charge in [0.2, 0.25) is 0 Å². The maximum Gasteiger partial charge on any atom is 0.330 e. The number of hydrogen-bond acceptors (Lipinski definition) is 3. The molecule has 0 spiro atoms. The van der Waals surface area contributed by atoms with Crippen molar-refractivity contribution in [2.75, 3.05) is 19.4 Å². The highest BCUT2D eigenvalue weighted by molar-refractivity contribution is 7.53. The van der Waals surface area contributed by atoms with Crippen LogP contribution in [0.15, 0.2) is 0 Å². The fourth-order valence-electron chi connectivity index (χ4n) is 2.15. The predicted molar refractivity (Wildman–Crippen MR) is 86.1 cm³/mol. The van der Waals surface area contributed by atoms with E-state index in [0.29, 0.717) is 19.4 Å². The molecule has 20 heavy (non-hydrogen) atoms. The lowest BCUT2D eigenvalue weighted by Gasteiger charge is -2.16. The summed E-state index contributed by atoms with van der Waals surface area (Å²) >= 11 is 0. The third-order valence-electron chi connectivity index (χ3n) is 3.15. The van der Waals surface area contributed by atoms with Gasteiger partial charge in [0.1, 0.15) is 0 Å². The topological polar surface area (TPSA) is 35.5 Å². The fourth-order valence-corrected chi connectivity index (χ4v) is 3.88. The third-order valence-corrected chi connectivity index (χ3v) is 5.32. The highest BCUT2D eigenvalue weighted by Gasteiger charge is 2.22. The lowest BCUT2D eigenvalue weighted by atomic mass is 10.1. The molecule has 0 aliphatic heterocycles. The van der Waals surface area contributed by atoms with E-state index >= 15 is 0 Å². The molecule has 0 N–H and O–H groups in total. The second kappa shape index (κ2) is 13.7. The molecule has 0 heterocycles. The van der Waals surface area contributed by atoms with E-state index in [2.05, 4.69) is 5.92 Å². The van der Waals surface area contributed by atoms with Crippen molar-refractivity contribution in [1.82, 2.24) is 0 Å². The van der Waals surface area contributed by atoms with Gasteiger partial charge in [0, 0.05) is 6.42 Å². The Hall–Kier alpha value is -0.290. The molecule has 4 heteroatoms. The standard InChI is InChI=1S/C16H31O3P/c1-4-7-8-9-10-11-12-13-14-15-16-20(17,18-5-2)19-6-3/h1H,5-16H2,2-3H3. The van der Waals surface area contributed by atoms with E-state index < -0.39 is 7.60 Å². The van der Waals surface area contributed by atoms with E-state index in [0.717, 1.165) is 25.7 Å². The average molecular weight is 302 g/mol. The molecule has 0 atom stereocenters. The zero-order valence-corrected chi connectivity index (χ0v) is 14.1. The molecule has 0 saturated carbocycles. The van der Waals surface area contributed by atoms with E-state index in [1.807, 2.05) is 13.8 Å². The molecule has 0 rings (SSSR count). The van der Waals surface area contributed by atoms with Crippen molar-refractivity contribution >= 4 is 7.60 Å². The van der Waals surface area contributed by atoms with Gasteiger partial charge in [0.25, 0.3) is 0 Å². The summed E-state index contributed by atoms with van der Waals surface area (Å²) in [4.78, 5) is 0. The van der Waals surface area contributed by atoms with Crippen molar-refractivity contribution in [1.29, 1.82) is 0 Å². The van der Waals surface area contributed by atoms with Crippen molar-refractivity contribution in [3.63, 3.8) is 0 Å². The van der Waals surface area contributed by atoms with Crippen LogP contribution in [0, 0.1) is 12.3 Å². The summed E-state index contributed by atoms with van der Waals surface area (Å²) in [5.41, 5.74) is 0. The summed E-state index contributed by atoms with van der Waals surface area (Å²) in [6.07, 6.45) is 16.1. The minimum absolute atomic E-state index is 0.453. The van der Waals surface area contributed by atoms with Gasteiger partial charge in [0.05, 0.1) is 19.4 Å². The Bertz CT molecular complexity index is 287. The Balaban J connectivity index is 3.46. The summed E-state index contributed by atoms with van der Waals surface area (Å²) in [7, 11) is -2.81. The first-order valence-corrected chi connectivity index (χ1v) is 9.73. The SMILES string of the molecule is C#CCCCCCCCCCCP(=O)(OCC)OCC. The zero-order valence-electron chi connectivity index (χ0n) is 13.2. The molecule has 0 aliphatic rings. The van der Waals surface area contributed by atoms with E-state index in [4.69, 9.17) is 15.5 Å². The van der Waals surface area contributed by atoms with Crippen LogP contribution in [0.4, 0.5) is 0 Å². The summed E-state index contributed by atoms with van der Waals surface area (Å²) < 4.78 is 22.7. The van der Waals surface area contributed by atoms with Gasteiger partial charge < -0.3 is 9.05 Å². The molecule has 0 bridgehead atoms. The van der Waals surface area contributed by atoms with Crippen LogP contribution in [-0.2, 0) is 13.6 Å². The third kappa shape index (κ3) is 11.5. The highest BCUT2D eigenvalue weighted by atomic mass is 31.2. The summed E-state index contributed by atoms with van der Waals surface area (Å²) in [5, 5.41) is 0. The van der Waals surface area contributed by atoms with Crippen LogP contribution < -0.4 is 0 Å². The fraction of sp³-hybridized carbons (Fsp3) is 0.875. The van der Waals surface area contributed by atoms with Gasteiger partial charge >= 0.3 is 7.60 Å². The van der Waals surface area contributed by atoms with E-state index in [1.54, 1.807) is 0 Å². The van der Waals surface area contributed by atoms with Crippen molar-refractivity contribution < 1.29 is 13.6 Å². The molecule has 0 amide bonds. The molecule has 0 aromatic heterocycles. The first-order chi connectivity index (χ1) is 9.68. The Morgan fingerprint density at radius 2 is 1.30 bits per heavy atom. The van der Waals surface area contributed by atoms with E-state index in [1.165, 1.54) is 32.1 Å². The van der Waals surface area contributed by atoms with Gasteiger partial charge in [-0.2, -0.15) is 0 Å². The molecule has 118 valence electrons. The number of rotatable bonds is 14. The normalized spacial score (nSPS) is 11.4. The van der Waals surface area contributed by atoms with E-state index in [9.17, 15) is 4.57 Å². The second-order valence-corrected chi connectivity index (χ2v) is 7.14. The van der Waals surface area contributed by atoms with Crippen LogP contribution in [0.3, 0.4) is 0 Å². The zero-order chi connectivity index (χ0) is 15.1. The molecule has 0 aliphatic carbocycles. The maximum atomic E-state index is 12.2. The summed E-state index contributed by atoms with van der Waals surface area (Å²) in [6.45, 7) is 4.61. The van der Waals surface area contributed by atoms with Gasteiger partial charge in [-0.1, -0.05) is 38.5 Å². The summed E-state index contributed by atoms with van der Waals surface area (Å²) in [6, 6.07) is 0. The monoisotopic (exact) mass is 302 g/mol. The lowest BCUT2D eigenvalue weighted by Crippen LogP contribution is -2.00. The van der Waals surface area contributed by atoms with Crippen LogP contribution in [-0.4, -0.2) is 19.4 Å². The van der Waals surface area contributed by atoms with Crippen molar-refractivity contribution in [3.8, 4) is 12.3 Å². The maximum absolute atomic E-state index is 12.2. The van der Waals surface area contributed by atoms with Crippen LogP contribution in [0.2, 0.25) is 0 Å². The Morgan fingerprint density at radius 1 is 0.850 bits per heavy atom. The molecule has 0 aromatic rings. The Morgan fingerprint density at radius 3 is 1.75 bits per heavy atom. The van der Waals surface area contributed by atoms with Crippen LogP contribution in [0.1, 0.15) is 71.6 Å². The quantitative estimate of drug-likeness (QED) is 0.245. The molecule has 0 aromatic carbocycles. The average Bonchev–Trinajstić information content (AvgIpc) is 2.41. The number of terminal acetylenes is 1. The van der Waals surface area contributed by atoms with Gasteiger partial charge in [-0.15, -0.1) is 12.3 Å². The first-order valence-electron chi connectivity index (χ1n) is 8.00. The summed E-state index contributed by atoms with van der Waals surface area (Å²) in [5.74, 6) is 2.67. The predicted octanol–water partition coefficient (Wildman–Crippen LogP) is 5.40. The second-order valence-electron chi connectivity index (χ2n) is 4.95. The Labute approximate surface area is 125 Å². The van der Waals surface area contributed by atoms with Gasteiger partial charge in [-0.3, -0.25) is 4.57 Å². The minimum atomic E-state index is -2.81. The van der Waals surface area contributed by atoms with Gasteiger partial charge in [-0.05, 0) is 26.7 Å². The molecular weight excluding hydrogens is 271 g/mol. The molecule has 3 nitrogen and oxygen atoms in total. The first kappa shape index (κ1) is 19.7. The van der Waals surface area contributed by atoms with Gasteiger partial charge in [-0.25, -0.2) is 0 Å².